The van der Waals surface area contributed by atoms with Crippen LogP contribution in [0.3, 0.4) is 0 Å². The maximum Gasteiger partial charge on any atom is 0.236 e. The highest BCUT2D eigenvalue weighted by Crippen LogP contribution is 2.39. The molecule has 0 amide bonds. The second-order valence-electron chi connectivity index (χ2n) is 13.2. The van der Waals surface area contributed by atoms with Crippen LogP contribution in [0.4, 0.5) is 0 Å². The second-order valence-corrected chi connectivity index (χ2v) is 17.0. The lowest BCUT2D eigenvalue weighted by molar-refractivity contribution is 0.0829. The van der Waals surface area contributed by atoms with Gasteiger partial charge in [0.25, 0.3) is 0 Å². The lowest BCUT2D eigenvalue weighted by Gasteiger charge is -2.37. The van der Waals surface area contributed by atoms with Gasteiger partial charge >= 0.3 is 0 Å². The van der Waals surface area contributed by atoms with E-state index in [1.807, 2.05) is 6.08 Å². The van der Waals surface area contributed by atoms with E-state index in [-0.39, 0.29) is 10.1 Å². The van der Waals surface area contributed by atoms with E-state index in [9.17, 15) is 0 Å². The van der Waals surface area contributed by atoms with E-state index in [4.69, 9.17) is 15.3 Å². The highest BCUT2D eigenvalue weighted by molar-refractivity contribution is 6.32. The van der Waals surface area contributed by atoms with Gasteiger partial charge in [-0.25, -0.2) is 0 Å². The molecule has 0 bridgehead atoms. The summed E-state index contributed by atoms with van der Waals surface area (Å²) >= 11 is 0. The SMILES string of the molecule is C#C/C=C(\CC)c1cccc(CCc2ccc(C(C)(C)O[Si]C(C)(C)C)c(C(C)(C)O[Si]C(C)(C)C)c2)c1. The van der Waals surface area contributed by atoms with Crippen molar-refractivity contribution in [1.82, 2.24) is 0 Å². The molecule has 4 heteroatoms. The van der Waals surface area contributed by atoms with Crippen LogP contribution in [0.25, 0.3) is 5.57 Å². The molecule has 0 saturated heterocycles. The highest BCUT2D eigenvalue weighted by Gasteiger charge is 2.34. The van der Waals surface area contributed by atoms with Crippen LogP contribution >= 0.6 is 0 Å². The molecule has 0 saturated carbocycles. The van der Waals surface area contributed by atoms with E-state index in [0.29, 0.717) is 19.5 Å². The number of hydrogen-bond donors (Lipinski definition) is 0. The van der Waals surface area contributed by atoms with Crippen molar-refractivity contribution >= 4 is 25.1 Å². The molecule has 4 radical (unpaired) electrons. The number of terminal acetylenes is 1. The van der Waals surface area contributed by atoms with Crippen LogP contribution in [0.1, 0.15) is 110 Å². The maximum absolute atomic E-state index is 6.61. The molecule has 38 heavy (non-hydrogen) atoms. The summed E-state index contributed by atoms with van der Waals surface area (Å²) in [6, 6.07) is 15.7. The van der Waals surface area contributed by atoms with Crippen molar-refractivity contribution in [2.24, 2.45) is 0 Å². The van der Waals surface area contributed by atoms with Crippen molar-refractivity contribution in [2.45, 2.75) is 117 Å². The first-order valence-corrected chi connectivity index (χ1v) is 15.6. The Hall–Kier alpha value is -1.91. The van der Waals surface area contributed by atoms with E-state index in [2.05, 4.69) is 125 Å². The minimum atomic E-state index is -0.432. The molecule has 0 aliphatic heterocycles. The van der Waals surface area contributed by atoms with Gasteiger partial charge in [-0.05, 0) is 96.5 Å². The van der Waals surface area contributed by atoms with E-state index in [0.717, 1.165) is 19.3 Å². The minimum absolute atomic E-state index is 0.116. The van der Waals surface area contributed by atoms with Crippen LogP contribution in [-0.2, 0) is 32.9 Å². The van der Waals surface area contributed by atoms with Crippen LogP contribution in [-0.4, -0.2) is 19.5 Å². The fraction of sp³-hybridized carbons (Fsp3) is 0.529. The third-order valence-electron chi connectivity index (χ3n) is 6.24. The molecule has 2 aromatic rings. The smallest absolute Gasteiger partial charge is 0.236 e. The van der Waals surface area contributed by atoms with Crippen LogP contribution in [0.15, 0.2) is 48.5 Å². The summed E-state index contributed by atoms with van der Waals surface area (Å²) in [5, 5.41) is 0.240. The molecule has 2 aromatic carbocycles. The first-order valence-electron chi connectivity index (χ1n) is 13.8. The number of rotatable bonds is 11. The minimum Gasteiger partial charge on any atom is -0.408 e. The standard InChI is InChI=1S/C34H48O2Si2/c1-13-16-27(14-2)28-18-15-17-25(23-28)19-20-26-21-22-29(33(9,10)35-37-31(3,4)5)30(24-26)34(11,12)36-38-32(6,7)8/h1,15-18,21-24H,14,19-20H2,2-12H3/b27-16+. The lowest BCUT2D eigenvalue weighted by atomic mass is 9.84. The fourth-order valence-corrected chi connectivity index (χ4v) is 5.49. The molecule has 204 valence electrons. The zero-order valence-electron chi connectivity index (χ0n) is 25.6. The van der Waals surface area contributed by atoms with Gasteiger partial charge in [0.1, 0.15) is 0 Å². The Morgan fingerprint density at radius 3 is 1.79 bits per heavy atom. The normalized spacial score (nSPS) is 13.5. The van der Waals surface area contributed by atoms with Gasteiger partial charge < -0.3 is 8.85 Å². The molecule has 2 rings (SSSR count). The van der Waals surface area contributed by atoms with Crippen molar-refractivity contribution in [3.05, 3.63) is 76.4 Å². The zero-order chi connectivity index (χ0) is 28.8. The number of hydrogen-bond acceptors (Lipinski definition) is 2. The average Bonchev–Trinajstić information content (AvgIpc) is 2.83. The Labute approximate surface area is 238 Å². The Kier molecular flexibility index (Phi) is 11.0. The largest absolute Gasteiger partial charge is 0.408 e. The van der Waals surface area contributed by atoms with Crippen LogP contribution in [0.5, 0.6) is 0 Å². The molecule has 0 fully saturated rings. The summed E-state index contributed by atoms with van der Waals surface area (Å²) in [7, 11) is 0.811. The van der Waals surface area contributed by atoms with Gasteiger partial charge in [-0.2, -0.15) is 0 Å². The molecule has 0 spiro atoms. The number of benzene rings is 2. The summed E-state index contributed by atoms with van der Waals surface area (Å²) < 4.78 is 13.2. The van der Waals surface area contributed by atoms with Gasteiger partial charge in [0.2, 0.25) is 19.5 Å². The molecule has 0 N–H and O–H groups in total. The summed E-state index contributed by atoms with van der Waals surface area (Å²) in [6.07, 6.45) is 10.3. The second kappa shape index (κ2) is 13.0. The Morgan fingerprint density at radius 2 is 1.29 bits per heavy atom. The van der Waals surface area contributed by atoms with Crippen molar-refractivity contribution in [3.8, 4) is 12.3 Å². The van der Waals surface area contributed by atoms with Gasteiger partial charge in [0.05, 0.1) is 11.2 Å². The monoisotopic (exact) mass is 544 g/mol. The molecule has 0 aliphatic rings. The third kappa shape index (κ3) is 10.0. The molecule has 0 heterocycles. The highest BCUT2D eigenvalue weighted by atomic mass is 28.2. The van der Waals surface area contributed by atoms with E-state index >= 15 is 0 Å². The van der Waals surface area contributed by atoms with E-state index in [1.165, 1.54) is 33.4 Å². The molecule has 0 atom stereocenters. The zero-order valence-corrected chi connectivity index (χ0v) is 27.6. The fourth-order valence-electron chi connectivity index (χ4n) is 4.15. The number of allylic oxidation sites excluding steroid dienone is 2. The topological polar surface area (TPSA) is 18.5 Å². The van der Waals surface area contributed by atoms with Gasteiger partial charge in [-0.3, -0.25) is 0 Å². The summed E-state index contributed by atoms with van der Waals surface area (Å²) in [5.74, 6) is 2.69. The maximum atomic E-state index is 6.61. The summed E-state index contributed by atoms with van der Waals surface area (Å²) in [4.78, 5) is 0. The van der Waals surface area contributed by atoms with Crippen molar-refractivity contribution in [2.75, 3.05) is 0 Å². The molecule has 2 nitrogen and oxygen atoms in total. The van der Waals surface area contributed by atoms with E-state index in [1.54, 1.807) is 0 Å². The average molecular weight is 545 g/mol. The van der Waals surface area contributed by atoms with Gasteiger partial charge in [0.15, 0.2) is 0 Å². The molecule has 0 unspecified atom stereocenters. The van der Waals surface area contributed by atoms with Gasteiger partial charge in [-0.15, -0.1) is 6.42 Å². The predicted molar refractivity (Wildman–Crippen MR) is 167 cm³/mol. The third-order valence-corrected chi connectivity index (χ3v) is 8.69. The van der Waals surface area contributed by atoms with Crippen molar-refractivity contribution < 1.29 is 8.85 Å². The Morgan fingerprint density at radius 1 is 0.763 bits per heavy atom. The van der Waals surface area contributed by atoms with Crippen molar-refractivity contribution in [1.29, 1.82) is 0 Å². The molecular formula is C34H48O2Si2. The van der Waals surface area contributed by atoms with Crippen molar-refractivity contribution in [3.63, 3.8) is 0 Å². The van der Waals surface area contributed by atoms with Crippen LogP contribution < -0.4 is 0 Å². The van der Waals surface area contributed by atoms with Crippen LogP contribution in [0.2, 0.25) is 10.1 Å². The summed E-state index contributed by atoms with van der Waals surface area (Å²) in [6.45, 7) is 24.3. The lowest BCUT2D eigenvalue weighted by Crippen LogP contribution is -2.34. The predicted octanol–water partition coefficient (Wildman–Crippen LogP) is 9.08. The first-order chi connectivity index (χ1) is 17.5. The van der Waals surface area contributed by atoms with Gasteiger partial charge in [0, 0.05) is 0 Å². The number of aryl methyl sites for hydroxylation is 2. The Bertz CT molecular complexity index is 1140. The Balaban J connectivity index is 2.40. The first kappa shape index (κ1) is 32.3. The van der Waals surface area contributed by atoms with Gasteiger partial charge in [-0.1, -0.05) is 96.9 Å². The quantitative estimate of drug-likeness (QED) is 0.207. The molecular weight excluding hydrogens is 497 g/mol. The molecule has 0 aromatic heterocycles. The molecule has 0 aliphatic carbocycles. The van der Waals surface area contributed by atoms with Crippen LogP contribution in [0, 0.1) is 12.3 Å². The summed E-state index contributed by atoms with van der Waals surface area (Å²) in [5.41, 5.74) is 6.63. The van der Waals surface area contributed by atoms with E-state index < -0.39 is 11.2 Å².